The fraction of sp³-hybridized carbons (Fsp3) is 0.462. The predicted octanol–water partition coefficient (Wildman–Crippen LogP) is 2.47. The summed E-state index contributed by atoms with van der Waals surface area (Å²) in [7, 11) is 0. The number of hydrogen-bond acceptors (Lipinski definition) is 4. The highest BCUT2D eigenvalue weighted by atomic mass is 16.6. The molecule has 0 aliphatic carbocycles. The monoisotopic (exact) mass is 251 g/mol. The van der Waals surface area contributed by atoms with Gasteiger partial charge in [-0.2, -0.15) is 0 Å². The molecule has 0 saturated carbocycles. The van der Waals surface area contributed by atoms with Crippen LogP contribution in [0.3, 0.4) is 0 Å². The Kier molecular flexibility index (Phi) is 4.06. The number of amides is 1. The highest BCUT2D eigenvalue weighted by molar-refractivity contribution is 5.73. The lowest BCUT2D eigenvalue weighted by Crippen LogP contribution is -2.46. The number of anilines is 2. The van der Waals surface area contributed by atoms with Gasteiger partial charge in [-0.1, -0.05) is 0 Å². The number of hydrogen-bond donors (Lipinski definition) is 2. The van der Waals surface area contributed by atoms with Crippen LogP contribution < -0.4 is 16.2 Å². The van der Waals surface area contributed by atoms with E-state index in [9.17, 15) is 4.79 Å². The normalized spacial score (nSPS) is 11.1. The van der Waals surface area contributed by atoms with E-state index in [0.29, 0.717) is 23.7 Å². The summed E-state index contributed by atoms with van der Waals surface area (Å²) in [4.78, 5) is 13.7. The van der Waals surface area contributed by atoms with E-state index in [1.165, 1.54) is 0 Å². The standard InChI is InChI=1S/C13H21N3O2/c1-5-16(13(2,3)4)12(17)18-9-6-7-10(14)11(15)8-9/h6-8H,5,14-15H2,1-4H3. The fourth-order valence-corrected chi connectivity index (χ4v) is 1.65. The van der Waals surface area contributed by atoms with Crippen LogP contribution in [0.5, 0.6) is 5.75 Å². The second-order valence-electron chi connectivity index (χ2n) is 5.07. The molecule has 0 fully saturated rings. The number of benzene rings is 1. The molecule has 18 heavy (non-hydrogen) atoms. The van der Waals surface area contributed by atoms with Crippen molar-refractivity contribution >= 4 is 17.5 Å². The van der Waals surface area contributed by atoms with E-state index < -0.39 is 6.09 Å². The minimum Gasteiger partial charge on any atom is -0.410 e. The summed E-state index contributed by atoms with van der Waals surface area (Å²) in [6, 6.07) is 4.79. The average molecular weight is 251 g/mol. The highest BCUT2D eigenvalue weighted by Gasteiger charge is 2.26. The smallest absolute Gasteiger partial charge is 0.410 e. The molecule has 1 rings (SSSR count). The zero-order valence-electron chi connectivity index (χ0n) is 11.4. The van der Waals surface area contributed by atoms with Gasteiger partial charge in [0.25, 0.3) is 0 Å². The molecule has 100 valence electrons. The maximum Gasteiger partial charge on any atom is 0.415 e. The quantitative estimate of drug-likeness (QED) is 0.791. The molecule has 1 aromatic rings. The third-order valence-corrected chi connectivity index (χ3v) is 2.61. The first kappa shape index (κ1) is 14.2. The summed E-state index contributed by atoms with van der Waals surface area (Å²) in [6.45, 7) is 8.34. The first-order valence-electron chi connectivity index (χ1n) is 5.90. The molecule has 0 spiro atoms. The molecule has 5 heteroatoms. The first-order chi connectivity index (χ1) is 8.25. The van der Waals surface area contributed by atoms with Crippen molar-refractivity contribution in [2.45, 2.75) is 33.2 Å². The summed E-state index contributed by atoms with van der Waals surface area (Å²) < 4.78 is 5.28. The Morgan fingerprint density at radius 2 is 1.89 bits per heavy atom. The van der Waals surface area contributed by atoms with Crippen LogP contribution in [0.25, 0.3) is 0 Å². The Morgan fingerprint density at radius 1 is 1.28 bits per heavy atom. The van der Waals surface area contributed by atoms with Crippen molar-refractivity contribution in [2.24, 2.45) is 0 Å². The molecule has 0 atom stereocenters. The van der Waals surface area contributed by atoms with Crippen LogP contribution in [0, 0.1) is 0 Å². The lowest BCUT2D eigenvalue weighted by Gasteiger charge is -2.33. The van der Waals surface area contributed by atoms with Gasteiger partial charge >= 0.3 is 6.09 Å². The van der Waals surface area contributed by atoms with E-state index in [1.54, 1.807) is 23.1 Å². The molecule has 0 aromatic heterocycles. The Labute approximate surface area is 108 Å². The summed E-state index contributed by atoms with van der Waals surface area (Å²) in [6.07, 6.45) is -0.394. The zero-order chi connectivity index (χ0) is 13.9. The molecule has 0 heterocycles. The lowest BCUT2D eigenvalue weighted by atomic mass is 10.1. The van der Waals surface area contributed by atoms with Crippen molar-refractivity contribution in [1.29, 1.82) is 0 Å². The van der Waals surface area contributed by atoms with Crippen molar-refractivity contribution in [3.63, 3.8) is 0 Å². The molecule has 1 aromatic carbocycles. The van der Waals surface area contributed by atoms with Gasteiger partial charge in [-0.3, -0.25) is 0 Å². The minimum atomic E-state index is -0.394. The zero-order valence-corrected chi connectivity index (χ0v) is 11.4. The van der Waals surface area contributed by atoms with E-state index in [0.717, 1.165) is 0 Å². The van der Waals surface area contributed by atoms with E-state index >= 15 is 0 Å². The van der Waals surface area contributed by atoms with Gasteiger partial charge in [0.05, 0.1) is 11.4 Å². The first-order valence-corrected chi connectivity index (χ1v) is 5.90. The van der Waals surface area contributed by atoms with Gasteiger partial charge < -0.3 is 21.1 Å². The van der Waals surface area contributed by atoms with Crippen molar-refractivity contribution in [1.82, 2.24) is 4.90 Å². The van der Waals surface area contributed by atoms with Gasteiger partial charge in [-0.25, -0.2) is 4.79 Å². The number of nitrogens with zero attached hydrogens (tertiary/aromatic N) is 1. The summed E-state index contributed by atoms with van der Waals surface area (Å²) in [5.41, 5.74) is 11.8. The molecular weight excluding hydrogens is 230 g/mol. The summed E-state index contributed by atoms with van der Waals surface area (Å²) in [5.74, 6) is 0.398. The van der Waals surface area contributed by atoms with Crippen molar-refractivity contribution in [3.8, 4) is 5.75 Å². The van der Waals surface area contributed by atoms with E-state index in [1.807, 2.05) is 27.7 Å². The number of carbonyl (C=O) groups excluding carboxylic acids is 1. The molecule has 5 nitrogen and oxygen atoms in total. The number of nitrogens with two attached hydrogens (primary N) is 2. The maximum atomic E-state index is 12.0. The van der Waals surface area contributed by atoms with Gasteiger partial charge in [0, 0.05) is 18.2 Å². The Bertz CT molecular complexity index is 438. The third kappa shape index (κ3) is 3.29. The Morgan fingerprint density at radius 3 is 2.33 bits per heavy atom. The van der Waals surface area contributed by atoms with Gasteiger partial charge in [0.15, 0.2) is 0 Å². The number of ether oxygens (including phenoxy) is 1. The van der Waals surface area contributed by atoms with Crippen LogP contribution >= 0.6 is 0 Å². The lowest BCUT2D eigenvalue weighted by molar-refractivity contribution is 0.111. The average Bonchev–Trinajstić information content (AvgIpc) is 2.22. The minimum absolute atomic E-state index is 0.287. The maximum absolute atomic E-state index is 12.0. The van der Waals surface area contributed by atoms with Gasteiger partial charge in [0.2, 0.25) is 0 Å². The van der Waals surface area contributed by atoms with Gasteiger partial charge in [-0.05, 0) is 39.8 Å². The topological polar surface area (TPSA) is 81.6 Å². The number of nitrogen functional groups attached to an aromatic ring is 2. The SMILES string of the molecule is CCN(C(=O)Oc1ccc(N)c(N)c1)C(C)(C)C. The van der Waals surface area contributed by atoms with E-state index in [2.05, 4.69) is 0 Å². The number of rotatable bonds is 2. The van der Waals surface area contributed by atoms with Crippen LogP contribution in [0.4, 0.5) is 16.2 Å². The molecule has 0 unspecified atom stereocenters. The summed E-state index contributed by atoms with van der Waals surface area (Å²) in [5, 5.41) is 0. The van der Waals surface area contributed by atoms with E-state index in [-0.39, 0.29) is 5.54 Å². The molecule has 0 saturated heterocycles. The van der Waals surface area contributed by atoms with Gasteiger partial charge in [0.1, 0.15) is 5.75 Å². The largest absolute Gasteiger partial charge is 0.415 e. The molecule has 0 aliphatic heterocycles. The number of carbonyl (C=O) groups is 1. The molecular formula is C13H21N3O2. The molecule has 0 bridgehead atoms. The second-order valence-corrected chi connectivity index (χ2v) is 5.07. The van der Waals surface area contributed by atoms with Crippen molar-refractivity contribution in [2.75, 3.05) is 18.0 Å². The van der Waals surface area contributed by atoms with Crippen molar-refractivity contribution < 1.29 is 9.53 Å². The third-order valence-electron chi connectivity index (χ3n) is 2.61. The van der Waals surface area contributed by atoms with Crippen LogP contribution in [-0.2, 0) is 0 Å². The van der Waals surface area contributed by atoms with Crippen LogP contribution in [0.2, 0.25) is 0 Å². The molecule has 0 radical (unpaired) electrons. The van der Waals surface area contributed by atoms with E-state index in [4.69, 9.17) is 16.2 Å². The fourth-order valence-electron chi connectivity index (χ4n) is 1.65. The van der Waals surface area contributed by atoms with Crippen LogP contribution in [0.15, 0.2) is 18.2 Å². The summed E-state index contributed by atoms with van der Waals surface area (Å²) >= 11 is 0. The van der Waals surface area contributed by atoms with Gasteiger partial charge in [-0.15, -0.1) is 0 Å². The Hall–Kier alpha value is -1.91. The predicted molar refractivity (Wildman–Crippen MR) is 73.4 cm³/mol. The van der Waals surface area contributed by atoms with Crippen molar-refractivity contribution in [3.05, 3.63) is 18.2 Å². The second kappa shape index (κ2) is 5.16. The van der Waals surface area contributed by atoms with Crippen LogP contribution in [-0.4, -0.2) is 23.1 Å². The van der Waals surface area contributed by atoms with Crippen LogP contribution in [0.1, 0.15) is 27.7 Å². The molecule has 4 N–H and O–H groups in total. The highest BCUT2D eigenvalue weighted by Crippen LogP contribution is 2.23. The molecule has 0 aliphatic rings. The Balaban J connectivity index is 2.83. The molecule has 1 amide bonds.